The van der Waals surface area contributed by atoms with Crippen LogP contribution in [0.3, 0.4) is 0 Å². The minimum atomic E-state index is -3.21. The predicted molar refractivity (Wildman–Crippen MR) is 64.8 cm³/mol. The first-order valence-corrected chi connectivity index (χ1v) is 6.38. The van der Waals surface area contributed by atoms with Gasteiger partial charge < -0.3 is 14.8 Å². The third-order valence-electron chi connectivity index (χ3n) is 3.63. The normalized spacial score (nSPS) is 31.5. The summed E-state index contributed by atoms with van der Waals surface area (Å²) >= 11 is 0. The van der Waals surface area contributed by atoms with Crippen LogP contribution in [0.15, 0.2) is 23.7 Å². The molecular formula is C13H13F4NO4. The highest BCUT2D eigenvalue weighted by Gasteiger charge is 2.49. The summed E-state index contributed by atoms with van der Waals surface area (Å²) in [5.74, 6) is -7.11. The lowest BCUT2D eigenvalue weighted by atomic mass is 9.78. The lowest BCUT2D eigenvalue weighted by Gasteiger charge is -2.28. The van der Waals surface area contributed by atoms with Crippen molar-refractivity contribution in [3.8, 4) is 0 Å². The molecule has 0 aromatic heterocycles. The molecule has 0 saturated carbocycles. The van der Waals surface area contributed by atoms with E-state index < -0.39 is 54.0 Å². The minimum absolute atomic E-state index is 0.121. The van der Waals surface area contributed by atoms with E-state index in [2.05, 4.69) is 14.8 Å². The Morgan fingerprint density at radius 1 is 1.45 bits per heavy atom. The average molecular weight is 323 g/mol. The number of allylic oxidation sites excluding steroid dienone is 3. The van der Waals surface area contributed by atoms with Gasteiger partial charge in [0, 0.05) is 18.5 Å². The molecule has 0 aromatic rings. The van der Waals surface area contributed by atoms with E-state index in [0.717, 1.165) is 7.11 Å². The van der Waals surface area contributed by atoms with Crippen LogP contribution >= 0.6 is 0 Å². The number of amides is 1. The molecule has 22 heavy (non-hydrogen) atoms. The highest BCUT2D eigenvalue weighted by molar-refractivity contribution is 5.99. The lowest BCUT2D eigenvalue weighted by molar-refractivity contribution is -0.150. The van der Waals surface area contributed by atoms with Crippen molar-refractivity contribution in [1.29, 1.82) is 0 Å². The fourth-order valence-electron chi connectivity index (χ4n) is 2.69. The van der Waals surface area contributed by atoms with Gasteiger partial charge in [-0.05, 0) is 6.08 Å². The molecule has 1 N–H and O–H groups in total. The van der Waals surface area contributed by atoms with Crippen molar-refractivity contribution in [2.45, 2.75) is 12.8 Å². The zero-order valence-electron chi connectivity index (χ0n) is 11.4. The second-order valence-corrected chi connectivity index (χ2v) is 4.86. The molecule has 122 valence electrons. The summed E-state index contributed by atoms with van der Waals surface area (Å²) in [6.07, 6.45) is -0.690. The first-order valence-electron chi connectivity index (χ1n) is 6.38. The van der Waals surface area contributed by atoms with Crippen LogP contribution in [0.5, 0.6) is 0 Å². The Bertz CT molecular complexity index is 534. The fraction of sp³-hybridized carbons (Fsp3) is 0.538. The second-order valence-electron chi connectivity index (χ2n) is 4.86. The van der Waals surface area contributed by atoms with E-state index in [1.807, 2.05) is 0 Å². The number of methoxy groups -OCH3 is 1. The van der Waals surface area contributed by atoms with Gasteiger partial charge in [0.2, 0.25) is 5.91 Å². The molecule has 1 aliphatic carbocycles. The molecule has 1 fully saturated rings. The minimum Gasteiger partial charge on any atom is -0.468 e. The van der Waals surface area contributed by atoms with Crippen molar-refractivity contribution in [3.05, 3.63) is 23.7 Å². The molecule has 0 bridgehead atoms. The number of carbonyl (C=O) groups excluding carboxylic acids is 2. The van der Waals surface area contributed by atoms with Crippen LogP contribution in [-0.2, 0) is 19.1 Å². The third-order valence-corrected chi connectivity index (χ3v) is 3.63. The molecular weight excluding hydrogens is 310 g/mol. The molecule has 1 heterocycles. The Balaban J connectivity index is 2.23. The van der Waals surface area contributed by atoms with Crippen molar-refractivity contribution >= 4 is 11.9 Å². The Kier molecular flexibility index (Phi) is 4.72. The third kappa shape index (κ3) is 3.07. The van der Waals surface area contributed by atoms with E-state index in [-0.39, 0.29) is 6.54 Å². The second kappa shape index (κ2) is 6.37. The van der Waals surface area contributed by atoms with E-state index in [4.69, 9.17) is 0 Å². The van der Waals surface area contributed by atoms with Gasteiger partial charge in [-0.1, -0.05) is 0 Å². The first kappa shape index (κ1) is 16.3. The van der Waals surface area contributed by atoms with Crippen molar-refractivity contribution in [2.24, 2.45) is 17.8 Å². The number of carbonyl (C=O) groups is 2. The summed E-state index contributed by atoms with van der Waals surface area (Å²) in [4.78, 5) is 23.2. The quantitative estimate of drug-likeness (QED) is 0.483. The Morgan fingerprint density at radius 2 is 2.14 bits per heavy atom. The van der Waals surface area contributed by atoms with E-state index in [1.54, 1.807) is 0 Å². The van der Waals surface area contributed by atoms with Gasteiger partial charge in [-0.25, -0.2) is 8.78 Å². The lowest BCUT2D eigenvalue weighted by Crippen LogP contribution is -2.36. The average Bonchev–Trinajstić information content (AvgIpc) is 2.78. The van der Waals surface area contributed by atoms with E-state index in [0.29, 0.717) is 12.2 Å². The van der Waals surface area contributed by atoms with Crippen LogP contribution in [0.2, 0.25) is 0 Å². The maximum absolute atomic E-state index is 14.1. The summed E-state index contributed by atoms with van der Waals surface area (Å²) in [6.45, 7) is -3.33. The van der Waals surface area contributed by atoms with Crippen LogP contribution in [-0.4, -0.2) is 38.3 Å². The summed E-state index contributed by atoms with van der Waals surface area (Å²) < 4.78 is 60.8. The largest absolute Gasteiger partial charge is 0.468 e. The molecule has 0 radical (unpaired) electrons. The highest BCUT2D eigenvalue weighted by atomic mass is 19.3. The number of halogens is 4. The molecule has 5 nitrogen and oxygen atoms in total. The molecule has 1 amide bonds. The summed E-state index contributed by atoms with van der Waals surface area (Å²) in [6, 6.07) is 0. The number of nitrogens with one attached hydrogen (secondary N) is 1. The SMILES string of the molecule is COC(=O)[C@@H]1C(=O)NC[C@H]1C1C(F)=CC(OC(F)F)=CC1F. The monoisotopic (exact) mass is 323 g/mol. The molecule has 9 heteroatoms. The van der Waals surface area contributed by atoms with Crippen LogP contribution in [0.1, 0.15) is 0 Å². The van der Waals surface area contributed by atoms with Crippen molar-refractivity contribution < 1.29 is 36.6 Å². The maximum Gasteiger partial charge on any atom is 0.387 e. The van der Waals surface area contributed by atoms with Crippen molar-refractivity contribution in [1.82, 2.24) is 5.32 Å². The number of ether oxygens (including phenoxy) is 2. The van der Waals surface area contributed by atoms with Gasteiger partial charge in [0.1, 0.15) is 23.7 Å². The van der Waals surface area contributed by atoms with Gasteiger partial charge in [0.05, 0.1) is 13.0 Å². The Hall–Kier alpha value is -2.06. The summed E-state index contributed by atoms with van der Waals surface area (Å²) in [5, 5.41) is 2.34. The van der Waals surface area contributed by atoms with E-state index in [9.17, 15) is 27.2 Å². The number of esters is 1. The summed E-state index contributed by atoms with van der Waals surface area (Å²) in [5.41, 5.74) is 0. The van der Waals surface area contributed by atoms with Crippen LogP contribution in [0.4, 0.5) is 17.6 Å². The van der Waals surface area contributed by atoms with Crippen LogP contribution < -0.4 is 5.32 Å². The molecule has 2 rings (SSSR count). The van der Waals surface area contributed by atoms with Gasteiger partial charge in [-0.15, -0.1) is 0 Å². The zero-order chi connectivity index (χ0) is 16.4. The topological polar surface area (TPSA) is 64.6 Å². The molecule has 0 spiro atoms. The summed E-state index contributed by atoms with van der Waals surface area (Å²) in [7, 11) is 1.06. The van der Waals surface area contributed by atoms with Crippen LogP contribution in [0, 0.1) is 17.8 Å². The number of alkyl halides is 3. The Labute approximate surface area is 122 Å². The molecule has 1 saturated heterocycles. The molecule has 0 aromatic carbocycles. The van der Waals surface area contributed by atoms with E-state index >= 15 is 0 Å². The molecule has 4 atom stereocenters. The van der Waals surface area contributed by atoms with E-state index in [1.165, 1.54) is 0 Å². The van der Waals surface area contributed by atoms with Crippen molar-refractivity contribution in [3.63, 3.8) is 0 Å². The van der Waals surface area contributed by atoms with Gasteiger partial charge in [0.25, 0.3) is 0 Å². The fourth-order valence-corrected chi connectivity index (χ4v) is 2.69. The first-order chi connectivity index (χ1) is 10.3. The zero-order valence-corrected chi connectivity index (χ0v) is 11.4. The van der Waals surface area contributed by atoms with Gasteiger partial charge >= 0.3 is 12.6 Å². The van der Waals surface area contributed by atoms with Gasteiger partial charge in [0.15, 0.2) is 0 Å². The number of hydrogen-bond acceptors (Lipinski definition) is 4. The highest BCUT2D eigenvalue weighted by Crippen LogP contribution is 2.39. The molecule has 2 unspecified atom stereocenters. The van der Waals surface area contributed by atoms with Gasteiger partial charge in [-0.3, -0.25) is 9.59 Å². The number of rotatable bonds is 4. The Morgan fingerprint density at radius 3 is 2.68 bits per heavy atom. The van der Waals surface area contributed by atoms with Crippen molar-refractivity contribution in [2.75, 3.05) is 13.7 Å². The molecule has 2 aliphatic rings. The predicted octanol–water partition coefficient (Wildman–Crippen LogP) is 1.47. The van der Waals surface area contributed by atoms with Crippen LogP contribution in [0.25, 0.3) is 0 Å². The number of hydrogen-bond donors (Lipinski definition) is 1. The molecule has 1 aliphatic heterocycles. The maximum atomic E-state index is 14.1. The standard InChI is InChI=1S/C13H13F4NO4/c1-21-12(20)10-6(4-18-11(10)19)9-7(14)2-5(3-8(9)15)22-13(16)17/h2-3,6-7,9-10,13H,4H2,1H3,(H,18,19)/t6-,7?,9?,10-/m0/s1. The van der Waals surface area contributed by atoms with Gasteiger partial charge in [-0.2, -0.15) is 8.78 Å². The smallest absolute Gasteiger partial charge is 0.387 e.